The molecule has 0 atom stereocenters. The van der Waals surface area contributed by atoms with Crippen LogP contribution in [-0.2, 0) is 35.6 Å². The number of aromatic nitrogens is 2. The number of amides is 1. The molecule has 0 radical (unpaired) electrons. The second-order valence-electron chi connectivity index (χ2n) is 9.48. The lowest BCUT2D eigenvalue weighted by Crippen LogP contribution is -2.31. The van der Waals surface area contributed by atoms with Crippen LogP contribution in [0.2, 0.25) is 0 Å². The summed E-state index contributed by atoms with van der Waals surface area (Å²) >= 11 is 0. The molecule has 0 saturated heterocycles. The molecule has 0 aliphatic carbocycles. The number of unbranched alkanes of at least 4 members (excludes halogenated alkanes) is 1. The number of benzene rings is 2. The number of carbonyl (C=O) groups is 3. The Morgan fingerprint density at radius 2 is 1.77 bits per heavy atom. The van der Waals surface area contributed by atoms with E-state index in [4.69, 9.17) is 14.2 Å². The van der Waals surface area contributed by atoms with Crippen LogP contribution in [0.3, 0.4) is 0 Å². The van der Waals surface area contributed by atoms with Crippen LogP contribution in [-0.4, -0.2) is 62.8 Å². The van der Waals surface area contributed by atoms with E-state index >= 15 is 0 Å². The summed E-state index contributed by atoms with van der Waals surface area (Å²) in [5, 5.41) is 2.53. The minimum absolute atomic E-state index is 0.00702. The van der Waals surface area contributed by atoms with Crippen molar-refractivity contribution >= 4 is 39.0 Å². The molecule has 43 heavy (non-hydrogen) atoms. The Labute approximate surface area is 249 Å². The molecule has 13 nitrogen and oxygen atoms in total. The van der Waals surface area contributed by atoms with Gasteiger partial charge in [-0.05, 0) is 63.6 Å². The first-order valence-corrected chi connectivity index (χ1v) is 15.3. The number of alkyl carbamates (subject to hydrolysis) is 1. The monoisotopic (exact) mass is 616 g/mol. The van der Waals surface area contributed by atoms with E-state index in [0.29, 0.717) is 17.5 Å². The Bertz CT molecular complexity index is 1680. The average Bonchev–Trinajstić information content (AvgIpc) is 2.97. The number of para-hydroxylation sites is 1. The van der Waals surface area contributed by atoms with Crippen LogP contribution in [0.25, 0.3) is 16.6 Å². The van der Waals surface area contributed by atoms with Crippen molar-refractivity contribution in [3.63, 3.8) is 0 Å². The van der Waals surface area contributed by atoms with Crippen molar-refractivity contribution in [2.75, 3.05) is 26.8 Å². The number of aryl methyl sites for hydroxylation is 2. The third kappa shape index (κ3) is 7.76. The van der Waals surface area contributed by atoms with E-state index in [2.05, 4.69) is 15.0 Å². The summed E-state index contributed by atoms with van der Waals surface area (Å²) in [6, 6.07) is 7.34. The van der Waals surface area contributed by atoms with Gasteiger partial charge < -0.3 is 19.5 Å². The lowest BCUT2D eigenvalue weighted by molar-refractivity contribution is -0.143. The molecule has 1 heterocycles. The van der Waals surface area contributed by atoms with Crippen molar-refractivity contribution in [1.29, 1.82) is 0 Å². The first kappa shape index (κ1) is 33.2. The summed E-state index contributed by atoms with van der Waals surface area (Å²) in [7, 11) is -2.80. The van der Waals surface area contributed by atoms with E-state index in [1.54, 1.807) is 32.9 Å². The average molecular weight is 617 g/mol. The number of ether oxygens (including phenoxy) is 3. The fraction of sp³-hybridized carbons (Fsp3) is 0.414. The third-order valence-corrected chi connectivity index (χ3v) is 7.99. The van der Waals surface area contributed by atoms with E-state index in [1.165, 1.54) is 25.2 Å². The zero-order chi connectivity index (χ0) is 31.7. The van der Waals surface area contributed by atoms with Crippen LogP contribution in [0, 0.1) is 13.8 Å². The highest BCUT2D eigenvalue weighted by Crippen LogP contribution is 2.26. The Kier molecular flexibility index (Phi) is 11.4. The minimum Gasteiger partial charge on any atom is -0.464 e. The fourth-order valence-corrected chi connectivity index (χ4v) is 5.38. The van der Waals surface area contributed by atoms with Crippen LogP contribution in [0.4, 0.5) is 4.79 Å². The molecule has 1 amide bonds. The molecule has 3 rings (SSSR count). The SMILES string of the molecule is CCCCC(=O)OCCNC(=O)OCc1nc2cc(C)c(C(=O)OCC)c(C)c2c(=O)n1-c1ccccc1S(=O)(=O)NC. The van der Waals surface area contributed by atoms with Crippen LogP contribution in [0.1, 0.15) is 60.4 Å². The number of hydrogen-bond donors (Lipinski definition) is 2. The maximum absolute atomic E-state index is 14.1. The predicted molar refractivity (Wildman–Crippen MR) is 158 cm³/mol. The maximum Gasteiger partial charge on any atom is 0.407 e. The summed E-state index contributed by atoms with van der Waals surface area (Å²) < 4.78 is 44.6. The van der Waals surface area contributed by atoms with Gasteiger partial charge in [-0.3, -0.25) is 14.2 Å². The number of sulfonamides is 1. The summed E-state index contributed by atoms with van der Waals surface area (Å²) in [6.07, 6.45) is 0.977. The molecule has 14 heteroatoms. The summed E-state index contributed by atoms with van der Waals surface area (Å²) in [5.41, 5.74) is 0.541. The van der Waals surface area contributed by atoms with Crippen LogP contribution in [0.5, 0.6) is 0 Å². The van der Waals surface area contributed by atoms with Gasteiger partial charge in [0.15, 0.2) is 12.4 Å². The number of rotatable bonds is 13. The van der Waals surface area contributed by atoms with Gasteiger partial charge in [0.1, 0.15) is 11.5 Å². The van der Waals surface area contributed by atoms with E-state index in [-0.39, 0.29) is 65.0 Å². The zero-order valence-electron chi connectivity index (χ0n) is 24.8. The van der Waals surface area contributed by atoms with Crippen LogP contribution < -0.4 is 15.6 Å². The number of nitrogens with zero attached hydrogens (tertiary/aromatic N) is 2. The van der Waals surface area contributed by atoms with E-state index in [0.717, 1.165) is 11.0 Å². The Morgan fingerprint density at radius 3 is 2.44 bits per heavy atom. The van der Waals surface area contributed by atoms with E-state index in [1.807, 2.05) is 6.92 Å². The van der Waals surface area contributed by atoms with Crippen LogP contribution >= 0.6 is 0 Å². The molecule has 0 spiro atoms. The normalized spacial score (nSPS) is 11.3. The highest BCUT2D eigenvalue weighted by atomic mass is 32.2. The molecule has 2 N–H and O–H groups in total. The Morgan fingerprint density at radius 1 is 1.05 bits per heavy atom. The van der Waals surface area contributed by atoms with Crippen molar-refractivity contribution < 1.29 is 37.0 Å². The first-order valence-electron chi connectivity index (χ1n) is 13.8. The molecule has 0 saturated carbocycles. The molecule has 1 aromatic heterocycles. The fourth-order valence-electron chi connectivity index (χ4n) is 4.47. The van der Waals surface area contributed by atoms with Crippen molar-refractivity contribution in [3.8, 4) is 5.69 Å². The van der Waals surface area contributed by atoms with Gasteiger partial charge in [-0.2, -0.15) is 0 Å². The second kappa shape index (κ2) is 14.7. The zero-order valence-corrected chi connectivity index (χ0v) is 25.6. The topological polar surface area (TPSA) is 172 Å². The summed E-state index contributed by atoms with van der Waals surface area (Å²) in [4.78, 5) is 55.3. The van der Waals surface area contributed by atoms with Gasteiger partial charge >= 0.3 is 18.0 Å². The number of hydrogen-bond acceptors (Lipinski definition) is 10. The van der Waals surface area contributed by atoms with Gasteiger partial charge in [0, 0.05) is 6.42 Å². The minimum atomic E-state index is -4.04. The molecule has 232 valence electrons. The highest BCUT2D eigenvalue weighted by molar-refractivity contribution is 7.89. The molecular formula is C29H36N4O9S. The van der Waals surface area contributed by atoms with Gasteiger partial charge in [0.2, 0.25) is 10.0 Å². The maximum atomic E-state index is 14.1. The number of esters is 2. The molecule has 0 bridgehead atoms. The lowest BCUT2D eigenvalue weighted by atomic mass is 9.98. The second-order valence-corrected chi connectivity index (χ2v) is 11.3. The molecular weight excluding hydrogens is 580 g/mol. The van der Waals surface area contributed by atoms with Crippen molar-refractivity contribution in [3.05, 3.63) is 63.2 Å². The number of fused-ring (bicyclic) bond motifs is 1. The van der Waals surface area contributed by atoms with Gasteiger partial charge in [0.05, 0.1) is 35.3 Å². The van der Waals surface area contributed by atoms with E-state index < -0.39 is 34.3 Å². The van der Waals surface area contributed by atoms with Crippen molar-refractivity contribution in [1.82, 2.24) is 19.6 Å². The van der Waals surface area contributed by atoms with Gasteiger partial charge in [-0.15, -0.1) is 0 Å². The molecule has 0 fully saturated rings. The van der Waals surface area contributed by atoms with Crippen LogP contribution in [0.15, 0.2) is 40.0 Å². The van der Waals surface area contributed by atoms with Gasteiger partial charge in [-0.25, -0.2) is 27.7 Å². The molecule has 0 aliphatic rings. The Balaban J connectivity index is 2.06. The number of nitrogens with one attached hydrogen (secondary N) is 2. The molecule has 2 aromatic carbocycles. The third-order valence-electron chi connectivity index (χ3n) is 6.52. The quantitative estimate of drug-likeness (QED) is 0.165. The molecule has 0 aliphatic heterocycles. The standard InChI is InChI=1S/C29H36N4O9S/c1-6-8-13-24(34)41-15-14-31-29(37)42-17-23-32-20-16-18(3)25(28(36)40-7-2)19(4)26(20)27(35)33(23)21-11-9-10-12-22(21)43(38,39)30-5/h9-12,16,30H,6-8,13-15,17H2,1-5H3,(H,31,37). The number of carbonyl (C=O) groups excluding carboxylic acids is 3. The van der Waals surface area contributed by atoms with E-state index in [9.17, 15) is 27.6 Å². The van der Waals surface area contributed by atoms with Gasteiger partial charge in [0.25, 0.3) is 5.56 Å². The van der Waals surface area contributed by atoms with Crippen molar-refractivity contribution in [2.45, 2.75) is 58.5 Å². The Hall–Kier alpha value is -4.30. The summed E-state index contributed by atoms with van der Waals surface area (Å²) in [6.45, 7) is 6.45. The molecule has 3 aromatic rings. The largest absolute Gasteiger partial charge is 0.464 e. The highest BCUT2D eigenvalue weighted by Gasteiger charge is 2.25. The van der Waals surface area contributed by atoms with Gasteiger partial charge in [-0.1, -0.05) is 25.5 Å². The first-order chi connectivity index (χ1) is 20.5. The van der Waals surface area contributed by atoms with Crippen molar-refractivity contribution in [2.24, 2.45) is 0 Å². The predicted octanol–water partition coefficient (Wildman–Crippen LogP) is 3.05. The summed E-state index contributed by atoms with van der Waals surface area (Å²) in [5.74, 6) is -1.04. The molecule has 0 unspecified atom stereocenters. The smallest absolute Gasteiger partial charge is 0.407 e. The lowest BCUT2D eigenvalue weighted by Gasteiger charge is -2.19.